The third-order valence-corrected chi connectivity index (χ3v) is 3.97. The minimum atomic E-state index is -2.82. The molecule has 0 saturated carbocycles. The smallest absolute Gasteiger partial charge is 0.387 e. The number of hydrogen-bond donors (Lipinski definition) is 1. The van der Waals surface area contributed by atoms with E-state index in [4.69, 9.17) is 12.2 Å². The number of rotatable bonds is 7. The molecule has 2 rings (SSSR count). The van der Waals surface area contributed by atoms with Crippen LogP contribution in [0.25, 0.3) is 0 Å². The Morgan fingerprint density at radius 1 is 1.12 bits per heavy atom. The second kappa shape index (κ2) is 9.32. The summed E-state index contributed by atoms with van der Waals surface area (Å²) in [5, 5.41) is 3.76. The molecule has 3 nitrogen and oxygen atoms in total. The molecule has 0 atom stereocenters. The highest BCUT2D eigenvalue weighted by molar-refractivity contribution is 7.80. The molecule has 25 heavy (non-hydrogen) atoms. The predicted octanol–water partition coefficient (Wildman–Crippen LogP) is 5.21. The van der Waals surface area contributed by atoms with Crippen molar-refractivity contribution in [3.63, 3.8) is 0 Å². The van der Waals surface area contributed by atoms with E-state index >= 15 is 0 Å². The van der Waals surface area contributed by atoms with Gasteiger partial charge in [0.2, 0.25) is 0 Å². The van der Waals surface area contributed by atoms with E-state index < -0.39 is 6.61 Å². The van der Waals surface area contributed by atoms with Gasteiger partial charge in [-0.3, -0.25) is 0 Å². The fraction of sp³-hybridized carbons (Fsp3) is 0.316. The Balaban J connectivity index is 2.00. The first kappa shape index (κ1) is 19.1. The van der Waals surface area contributed by atoms with Crippen molar-refractivity contribution in [2.24, 2.45) is 0 Å². The van der Waals surface area contributed by atoms with Gasteiger partial charge in [-0.05, 0) is 55.4 Å². The second-order valence-electron chi connectivity index (χ2n) is 5.74. The predicted molar refractivity (Wildman–Crippen MR) is 101 cm³/mol. The lowest BCUT2D eigenvalue weighted by molar-refractivity contribution is -0.0498. The lowest BCUT2D eigenvalue weighted by Gasteiger charge is -2.25. The molecular formula is C19H22F2N2OS. The molecule has 0 aliphatic carbocycles. The molecule has 2 aromatic rings. The van der Waals surface area contributed by atoms with Crippen LogP contribution < -0.4 is 10.1 Å². The van der Waals surface area contributed by atoms with E-state index in [9.17, 15) is 8.78 Å². The maximum atomic E-state index is 12.2. The number of alkyl halides is 2. The van der Waals surface area contributed by atoms with Crippen molar-refractivity contribution in [1.82, 2.24) is 4.90 Å². The lowest BCUT2D eigenvalue weighted by Crippen LogP contribution is -2.34. The molecule has 0 saturated heterocycles. The quantitative estimate of drug-likeness (QED) is 0.682. The Hall–Kier alpha value is -2.21. The van der Waals surface area contributed by atoms with Crippen LogP contribution in [0.3, 0.4) is 0 Å². The SMILES string of the molecule is CCCN(Cc1ccc(C)cc1)C(=S)Nc1ccc(OC(F)F)cc1. The van der Waals surface area contributed by atoms with Gasteiger partial charge in [0.05, 0.1) is 0 Å². The van der Waals surface area contributed by atoms with Crippen molar-refractivity contribution in [3.05, 3.63) is 59.7 Å². The molecule has 0 aromatic heterocycles. The minimum Gasteiger partial charge on any atom is -0.435 e. The van der Waals surface area contributed by atoms with Gasteiger partial charge in [0.25, 0.3) is 0 Å². The monoisotopic (exact) mass is 364 g/mol. The number of nitrogens with one attached hydrogen (secondary N) is 1. The Labute approximate surface area is 152 Å². The summed E-state index contributed by atoms with van der Waals surface area (Å²) < 4.78 is 28.7. The summed E-state index contributed by atoms with van der Waals surface area (Å²) in [5.41, 5.74) is 3.14. The normalized spacial score (nSPS) is 10.6. The first-order valence-corrected chi connectivity index (χ1v) is 8.55. The lowest BCUT2D eigenvalue weighted by atomic mass is 10.1. The number of halogens is 2. The van der Waals surface area contributed by atoms with Crippen molar-refractivity contribution < 1.29 is 13.5 Å². The van der Waals surface area contributed by atoms with Crippen molar-refractivity contribution in [2.75, 3.05) is 11.9 Å². The molecule has 0 heterocycles. The molecule has 0 amide bonds. The summed E-state index contributed by atoms with van der Waals surface area (Å²) in [7, 11) is 0. The molecule has 0 bridgehead atoms. The van der Waals surface area contributed by atoms with Crippen molar-refractivity contribution in [3.8, 4) is 5.75 Å². The number of hydrogen-bond acceptors (Lipinski definition) is 2. The van der Waals surface area contributed by atoms with Crippen molar-refractivity contribution in [2.45, 2.75) is 33.4 Å². The zero-order valence-corrected chi connectivity index (χ0v) is 15.2. The first-order valence-electron chi connectivity index (χ1n) is 8.14. The van der Waals surface area contributed by atoms with Gasteiger partial charge in [-0.2, -0.15) is 8.78 Å². The molecule has 1 N–H and O–H groups in total. The Bertz CT molecular complexity index is 675. The molecule has 0 aliphatic rings. The van der Waals surface area contributed by atoms with Gasteiger partial charge >= 0.3 is 6.61 Å². The summed E-state index contributed by atoms with van der Waals surface area (Å²) in [5.74, 6) is 0.122. The molecule has 134 valence electrons. The van der Waals surface area contributed by atoms with E-state index in [1.807, 2.05) is 0 Å². The van der Waals surface area contributed by atoms with E-state index in [2.05, 4.69) is 53.1 Å². The highest BCUT2D eigenvalue weighted by Crippen LogP contribution is 2.18. The molecule has 2 aromatic carbocycles. The summed E-state index contributed by atoms with van der Waals surface area (Å²) in [6.45, 7) is 2.87. The van der Waals surface area contributed by atoms with Gasteiger partial charge < -0.3 is 15.0 Å². The van der Waals surface area contributed by atoms with E-state index in [0.717, 1.165) is 18.7 Å². The zero-order valence-electron chi connectivity index (χ0n) is 14.3. The number of benzene rings is 2. The summed E-state index contributed by atoms with van der Waals surface area (Å²) in [4.78, 5) is 2.09. The molecule has 0 spiro atoms. The molecule has 0 radical (unpaired) electrons. The standard InChI is InChI=1S/C19H22F2N2OS/c1-3-12-23(13-15-6-4-14(2)5-7-15)19(25)22-16-8-10-17(11-9-16)24-18(20)21/h4-11,18H,3,12-13H2,1-2H3,(H,22,25). The van der Waals surface area contributed by atoms with Crippen LogP contribution in [0.2, 0.25) is 0 Å². The number of anilines is 1. The van der Waals surface area contributed by atoms with Crippen molar-refractivity contribution >= 4 is 23.0 Å². The fourth-order valence-electron chi connectivity index (χ4n) is 2.36. The van der Waals surface area contributed by atoms with Gasteiger partial charge in [-0.25, -0.2) is 0 Å². The maximum Gasteiger partial charge on any atom is 0.387 e. The van der Waals surface area contributed by atoms with Gasteiger partial charge in [-0.15, -0.1) is 0 Å². The number of nitrogens with zero attached hydrogens (tertiary/aromatic N) is 1. The molecule has 0 fully saturated rings. The third-order valence-electron chi connectivity index (χ3n) is 3.61. The molecule has 6 heteroatoms. The van der Waals surface area contributed by atoms with Crippen LogP contribution in [0, 0.1) is 6.92 Å². The highest BCUT2D eigenvalue weighted by Gasteiger charge is 2.10. The zero-order chi connectivity index (χ0) is 18.2. The number of thiocarbonyl (C=S) groups is 1. The van der Waals surface area contributed by atoms with Crippen LogP contribution in [0.5, 0.6) is 5.75 Å². The Morgan fingerprint density at radius 3 is 2.32 bits per heavy atom. The van der Waals surface area contributed by atoms with Crippen molar-refractivity contribution in [1.29, 1.82) is 0 Å². The van der Waals surface area contributed by atoms with Crippen LogP contribution in [-0.2, 0) is 6.54 Å². The van der Waals surface area contributed by atoms with Crippen LogP contribution in [0.15, 0.2) is 48.5 Å². The van der Waals surface area contributed by atoms with Gasteiger partial charge in [0.1, 0.15) is 5.75 Å². The van der Waals surface area contributed by atoms with Crippen LogP contribution in [0.1, 0.15) is 24.5 Å². The second-order valence-corrected chi connectivity index (χ2v) is 6.13. The summed E-state index contributed by atoms with van der Waals surface area (Å²) in [6, 6.07) is 14.7. The molecule has 0 unspecified atom stereocenters. The summed E-state index contributed by atoms with van der Waals surface area (Å²) >= 11 is 5.51. The minimum absolute atomic E-state index is 0.122. The first-order chi connectivity index (χ1) is 12.0. The Kier molecular flexibility index (Phi) is 7.13. The van der Waals surface area contributed by atoms with Crippen LogP contribution in [-0.4, -0.2) is 23.2 Å². The van der Waals surface area contributed by atoms with Gasteiger partial charge in [-0.1, -0.05) is 36.8 Å². The van der Waals surface area contributed by atoms with E-state index in [1.54, 1.807) is 12.1 Å². The van der Waals surface area contributed by atoms with E-state index in [1.165, 1.54) is 23.3 Å². The average molecular weight is 364 g/mol. The van der Waals surface area contributed by atoms with Gasteiger partial charge in [0.15, 0.2) is 5.11 Å². The fourth-order valence-corrected chi connectivity index (χ4v) is 2.63. The number of ether oxygens (including phenoxy) is 1. The summed E-state index contributed by atoms with van der Waals surface area (Å²) in [6.07, 6.45) is 0.967. The topological polar surface area (TPSA) is 24.5 Å². The van der Waals surface area contributed by atoms with Crippen LogP contribution in [0.4, 0.5) is 14.5 Å². The van der Waals surface area contributed by atoms with Gasteiger partial charge in [0, 0.05) is 18.8 Å². The molecule has 0 aliphatic heterocycles. The largest absolute Gasteiger partial charge is 0.435 e. The molecular weight excluding hydrogens is 342 g/mol. The van der Waals surface area contributed by atoms with Crippen LogP contribution >= 0.6 is 12.2 Å². The number of aryl methyl sites for hydroxylation is 1. The van der Waals surface area contributed by atoms with E-state index in [0.29, 0.717) is 11.7 Å². The maximum absolute atomic E-state index is 12.2. The highest BCUT2D eigenvalue weighted by atomic mass is 32.1. The Morgan fingerprint density at radius 2 is 1.76 bits per heavy atom. The third kappa shape index (κ3) is 6.31. The average Bonchev–Trinajstić information content (AvgIpc) is 2.57. The van der Waals surface area contributed by atoms with E-state index in [-0.39, 0.29) is 5.75 Å².